The highest BCUT2D eigenvalue weighted by molar-refractivity contribution is 8.01. The summed E-state index contributed by atoms with van der Waals surface area (Å²) in [4.78, 5) is 10.9. The topological polar surface area (TPSA) is 40.1 Å². The fraction of sp³-hybridized carbons (Fsp3) is 0.923. The number of carbonyl (C=O) groups excluding carboxylic acids is 1. The van der Waals surface area contributed by atoms with Crippen LogP contribution >= 0.6 is 11.8 Å². The fourth-order valence-electron chi connectivity index (χ4n) is 4.60. The lowest BCUT2D eigenvalue weighted by molar-refractivity contribution is -0.304. The normalized spacial score (nSPS) is 46.9. The monoisotopic (exact) mass is 239 g/mol. The van der Waals surface area contributed by atoms with Gasteiger partial charge in [0.2, 0.25) is 0 Å². The number of aliphatic carboxylic acids is 1. The van der Waals surface area contributed by atoms with Crippen molar-refractivity contribution >= 4 is 17.7 Å². The Morgan fingerprint density at radius 3 is 2.00 bits per heavy atom. The third-order valence-corrected chi connectivity index (χ3v) is 6.29. The Morgan fingerprint density at radius 1 is 1.19 bits per heavy atom. The molecule has 90 valence electrons. The summed E-state index contributed by atoms with van der Waals surface area (Å²) >= 11 is 1.70. The molecule has 0 N–H and O–H groups in total. The maximum absolute atomic E-state index is 10.9. The van der Waals surface area contributed by atoms with Crippen LogP contribution in [0.1, 0.15) is 45.4 Å². The molecule has 2 nitrogen and oxygen atoms in total. The van der Waals surface area contributed by atoms with Gasteiger partial charge in [-0.15, -0.1) is 11.8 Å². The van der Waals surface area contributed by atoms with Crippen molar-refractivity contribution in [2.75, 3.05) is 0 Å². The van der Waals surface area contributed by atoms with Gasteiger partial charge in [-0.3, -0.25) is 0 Å². The SMILES string of the molecule is C[C@@H](SC12CC3CC(CC(C3)C1)C2)C(=O)[O-]. The van der Waals surface area contributed by atoms with Gasteiger partial charge in [0, 0.05) is 10.00 Å². The molecule has 4 rings (SSSR count). The molecule has 1 atom stereocenters. The Balaban J connectivity index is 1.76. The van der Waals surface area contributed by atoms with E-state index in [4.69, 9.17) is 0 Å². The second kappa shape index (κ2) is 3.66. The molecular formula is C13H19O2S-. The van der Waals surface area contributed by atoms with Gasteiger partial charge in [0.15, 0.2) is 0 Å². The highest BCUT2D eigenvalue weighted by Crippen LogP contribution is 2.61. The molecule has 0 aliphatic heterocycles. The van der Waals surface area contributed by atoms with Crippen molar-refractivity contribution in [3.63, 3.8) is 0 Å². The Hall–Kier alpha value is -0.180. The van der Waals surface area contributed by atoms with Gasteiger partial charge in [0.25, 0.3) is 0 Å². The van der Waals surface area contributed by atoms with Gasteiger partial charge < -0.3 is 9.90 Å². The fourth-order valence-corrected chi connectivity index (χ4v) is 6.44. The van der Waals surface area contributed by atoms with E-state index >= 15 is 0 Å². The number of carboxylic acid groups (broad SMARTS) is 1. The first-order chi connectivity index (χ1) is 7.56. The van der Waals surface area contributed by atoms with E-state index in [9.17, 15) is 9.90 Å². The summed E-state index contributed by atoms with van der Waals surface area (Å²) in [5.74, 6) is 1.80. The van der Waals surface area contributed by atoms with Crippen molar-refractivity contribution in [3.8, 4) is 0 Å². The summed E-state index contributed by atoms with van der Waals surface area (Å²) in [6.07, 6.45) is 8.04. The number of carboxylic acids is 1. The van der Waals surface area contributed by atoms with E-state index in [1.54, 1.807) is 18.7 Å². The first-order valence-electron chi connectivity index (χ1n) is 6.45. The number of rotatable bonds is 3. The summed E-state index contributed by atoms with van der Waals surface area (Å²) in [5.41, 5.74) is 0. The van der Waals surface area contributed by atoms with Crippen molar-refractivity contribution in [2.45, 2.75) is 55.4 Å². The van der Waals surface area contributed by atoms with Gasteiger partial charge in [-0.1, -0.05) is 0 Å². The van der Waals surface area contributed by atoms with Gasteiger partial charge >= 0.3 is 0 Å². The predicted molar refractivity (Wildman–Crippen MR) is 63.0 cm³/mol. The molecule has 3 heteroatoms. The van der Waals surface area contributed by atoms with Gasteiger partial charge in [0.05, 0.1) is 5.97 Å². The molecule has 0 heterocycles. The number of hydrogen-bond donors (Lipinski definition) is 0. The maximum Gasteiger partial charge on any atom is 0.0542 e. The minimum atomic E-state index is -0.888. The predicted octanol–water partition coefficient (Wildman–Crippen LogP) is 1.83. The molecule has 16 heavy (non-hydrogen) atoms. The van der Waals surface area contributed by atoms with Crippen LogP contribution in [0.5, 0.6) is 0 Å². The standard InChI is InChI=1S/C13H20O2S/c1-8(12(14)15)16-13-5-9-2-10(6-13)4-11(3-9)7-13/h8-11H,2-7H2,1H3,(H,14,15)/p-1/t8-,9?,10?,11?,13?/m1/s1. The van der Waals surface area contributed by atoms with E-state index in [0.717, 1.165) is 17.8 Å². The lowest BCUT2D eigenvalue weighted by Crippen LogP contribution is -2.50. The van der Waals surface area contributed by atoms with Crippen LogP contribution in [-0.4, -0.2) is 16.0 Å². The van der Waals surface area contributed by atoms with Gasteiger partial charge in [-0.05, 0) is 63.2 Å². The average molecular weight is 239 g/mol. The smallest absolute Gasteiger partial charge is 0.0542 e. The van der Waals surface area contributed by atoms with E-state index in [2.05, 4.69) is 0 Å². The molecule has 4 aliphatic carbocycles. The lowest BCUT2D eigenvalue weighted by Gasteiger charge is -2.57. The Labute approximate surface area is 101 Å². The van der Waals surface area contributed by atoms with E-state index in [-0.39, 0.29) is 5.25 Å². The van der Waals surface area contributed by atoms with Crippen molar-refractivity contribution in [2.24, 2.45) is 17.8 Å². The minimum Gasteiger partial charge on any atom is -0.549 e. The molecule has 0 aromatic rings. The molecule has 0 spiro atoms. The Morgan fingerprint density at radius 2 is 1.62 bits per heavy atom. The van der Waals surface area contributed by atoms with Crippen LogP contribution in [0.2, 0.25) is 0 Å². The van der Waals surface area contributed by atoms with E-state index < -0.39 is 5.97 Å². The third kappa shape index (κ3) is 1.77. The van der Waals surface area contributed by atoms with Crippen LogP contribution in [0.4, 0.5) is 0 Å². The van der Waals surface area contributed by atoms with Crippen molar-refractivity contribution in [3.05, 3.63) is 0 Å². The molecule has 0 aromatic carbocycles. The van der Waals surface area contributed by atoms with Crippen LogP contribution in [0.3, 0.4) is 0 Å². The zero-order valence-corrected chi connectivity index (χ0v) is 10.6. The number of thioether (sulfide) groups is 1. The Kier molecular flexibility index (Phi) is 2.50. The van der Waals surface area contributed by atoms with Gasteiger partial charge in [-0.2, -0.15) is 0 Å². The molecule has 0 saturated heterocycles. The molecule has 0 radical (unpaired) electrons. The van der Waals surface area contributed by atoms with Gasteiger partial charge in [0.1, 0.15) is 0 Å². The summed E-state index contributed by atoms with van der Waals surface area (Å²) in [5, 5.41) is 10.6. The molecule has 4 bridgehead atoms. The molecule has 0 amide bonds. The molecular weight excluding hydrogens is 220 g/mol. The van der Waals surface area contributed by atoms with Crippen molar-refractivity contribution in [1.82, 2.24) is 0 Å². The summed E-state index contributed by atoms with van der Waals surface area (Å²) in [6, 6.07) is 0. The van der Waals surface area contributed by atoms with E-state index in [1.807, 2.05) is 0 Å². The lowest BCUT2D eigenvalue weighted by atomic mass is 9.56. The summed E-state index contributed by atoms with van der Waals surface area (Å²) in [6.45, 7) is 1.79. The van der Waals surface area contributed by atoms with Gasteiger partial charge in [-0.25, -0.2) is 0 Å². The zero-order valence-electron chi connectivity index (χ0n) is 9.78. The Bertz CT molecular complexity index is 278. The van der Waals surface area contributed by atoms with Crippen molar-refractivity contribution in [1.29, 1.82) is 0 Å². The van der Waals surface area contributed by atoms with E-state index in [1.165, 1.54) is 38.5 Å². The molecule has 4 aliphatic rings. The highest BCUT2D eigenvalue weighted by atomic mass is 32.2. The quantitative estimate of drug-likeness (QED) is 0.754. The van der Waals surface area contributed by atoms with Crippen LogP contribution in [0, 0.1) is 17.8 Å². The van der Waals surface area contributed by atoms with E-state index in [0.29, 0.717) is 4.75 Å². The summed E-state index contributed by atoms with van der Waals surface area (Å²) < 4.78 is 0.300. The largest absolute Gasteiger partial charge is 0.549 e. The third-order valence-electron chi connectivity index (χ3n) is 4.74. The van der Waals surface area contributed by atoms with Crippen LogP contribution < -0.4 is 5.11 Å². The first kappa shape index (κ1) is 10.9. The van der Waals surface area contributed by atoms with Crippen molar-refractivity contribution < 1.29 is 9.90 Å². The summed E-state index contributed by atoms with van der Waals surface area (Å²) in [7, 11) is 0. The minimum absolute atomic E-state index is 0.300. The second-order valence-electron chi connectivity index (χ2n) is 6.18. The maximum atomic E-state index is 10.9. The van der Waals surface area contributed by atoms with Crippen LogP contribution in [0.25, 0.3) is 0 Å². The molecule has 4 saturated carbocycles. The highest BCUT2D eigenvalue weighted by Gasteiger charge is 2.51. The average Bonchev–Trinajstić information content (AvgIpc) is 2.13. The first-order valence-corrected chi connectivity index (χ1v) is 7.33. The van der Waals surface area contributed by atoms with Crippen LogP contribution in [0.15, 0.2) is 0 Å². The second-order valence-corrected chi connectivity index (χ2v) is 7.99. The molecule has 0 aromatic heterocycles. The molecule has 0 unspecified atom stereocenters. The molecule has 4 fully saturated rings. The number of carbonyl (C=O) groups is 1. The number of hydrogen-bond acceptors (Lipinski definition) is 3. The van der Waals surface area contributed by atoms with Crippen LogP contribution in [-0.2, 0) is 4.79 Å². The zero-order chi connectivity index (χ0) is 11.3.